The standard InChI is InChI=1S/C19H16F3NO2/c20-19(21,22)14-5-3-4-12(10-14)11-17(24)15-6-1-2-7-16(15)23-18(25)13-8-9-13/h1-7,10,13H,8-9,11H2,(H,23,25). The van der Waals surface area contributed by atoms with Crippen molar-refractivity contribution in [1.82, 2.24) is 0 Å². The van der Waals surface area contributed by atoms with Crippen LogP contribution in [0.1, 0.15) is 34.3 Å². The van der Waals surface area contributed by atoms with Gasteiger partial charge in [-0.15, -0.1) is 0 Å². The number of para-hydroxylation sites is 1. The first-order valence-electron chi connectivity index (χ1n) is 7.94. The largest absolute Gasteiger partial charge is 0.416 e. The first-order valence-corrected chi connectivity index (χ1v) is 7.94. The average Bonchev–Trinajstić information content (AvgIpc) is 3.39. The summed E-state index contributed by atoms with van der Waals surface area (Å²) in [5, 5.41) is 2.74. The van der Waals surface area contributed by atoms with Crippen LogP contribution in [0.15, 0.2) is 48.5 Å². The molecule has 1 N–H and O–H groups in total. The molecule has 0 heterocycles. The van der Waals surface area contributed by atoms with E-state index in [4.69, 9.17) is 0 Å². The van der Waals surface area contributed by atoms with Gasteiger partial charge in [-0.05, 0) is 36.6 Å². The zero-order valence-electron chi connectivity index (χ0n) is 13.3. The molecule has 0 atom stereocenters. The van der Waals surface area contributed by atoms with Crippen molar-refractivity contribution in [2.45, 2.75) is 25.4 Å². The summed E-state index contributed by atoms with van der Waals surface area (Å²) >= 11 is 0. The third-order valence-electron chi connectivity index (χ3n) is 4.05. The molecule has 1 fully saturated rings. The summed E-state index contributed by atoms with van der Waals surface area (Å²) in [6, 6.07) is 11.3. The summed E-state index contributed by atoms with van der Waals surface area (Å²) in [5.74, 6) is -0.475. The number of halogens is 3. The fourth-order valence-corrected chi connectivity index (χ4v) is 2.55. The van der Waals surface area contributed by atoms with Crippen LogP contribution in [-0.4, -0.2) is 11.7 Å². The molecule has 2 aromatic rings. The van der Waals surface area contributed by atoms with Crippen LogP contribution in [0.5, 0.6) is 0 Å². The number of carbonyl (C=O) groups excluding carboxylic acids is 2. The first kappa shape index (κ1) is 17.2. The number of alkyl halides is 3. The van der Waals surface area contributed by atoms with Gasteiger partial charge in [0.05, 0.1) is 11.3 Å². The summed E-state index contributed by atoms with van der Waals surface area (Å²) in [6.45, 7) is 0. The zero-order chi connectivity index (χ0) is 18.0. The minimum atomic E-state index is -4.45. The van der Waals surface area contributed by atoms with Gasteiger partial charge in [-0.25, -0.2) is 0 Å². The minimum absolute atomic E-state index is 0.00775. The predicted molar refractivity (Wildman–Crippen MR) is 87.3 cm³/mol. The van der Waals surface area contributed by atoms with Gasteiger partial charge in [0.1, 0.15) is 0 Å². The Kier molecular flexibility index (Phi) is 4.61. The summed E-state index contributed by atoms with van der Waals surface area (Å²) in [7, 11) is 0. The van der Waals surface area contributed by atoms with Gasteiger partial charge in [0.2, 0.25) is 5.91 Å². The SMILES string of the molecule is O=C(Cc1cccc(C(F)(F)F)c1)c1ccccc1NC(=O)C1CC1. The Hall–Kier alpha value is -2.63. The average molecular weight is 347 g/mol. The normalized spacial score (nSPS) is 14.2. The van der Waals surface area contributed by atoms with E-state index in [1.54, 1.807) is 24.3 Å². The molecule has 1 amide bonds. The van der Waals surface area contributed by atoms with Crippen molar-refractivity contribution < 1.29 is 22.8 Å². The number of anilines is 1. The minimum Gasteiger partial charge on any atom is -0.325 e. The Morgan fingerprint density at radius 1 is 1.04 bits per heavy atom. The van der Waals surface area contributed by atoms with Crippen LogP contribution in [0.4, 0.5) is 18.9 Å². The highest BCUT2D eigenvalue weighted by Crippen LogP contribution is 2.31. The smallest absolute Gasteiger partial charge is 0.325 e. The van der Waals surface area contributed by atoms with Crippen LogP contribution in [0, 0.1) is 5.92 Å². The number of ketones is 1. The highest BCUT2D eigenvalue weighted by Gasteiger charge is 2.31. The molecule has 0 spiro atoms. The highest BCUT2D eigenvalue weighted by molar-refractivity contribution is 6.06. The Labute approximate surface area is 142 Å². The molecule has 0 radical (unpaired) electrons. The van der Waals surface area contributed by atoms with E-state index in [0.717, 1.165) is 25.0 Å². The van der Waals surface area contributed by atoms with Gasteiger partial charge < -0.3 is 5.32 Å². The molecule has 0 aliphatic heterocycles. The van der Waals surface area contributed by atoms with E-state index in [9.17, 15) is 22.8 Å². The van der Waals surface area contributed by atoms with Gasteiger partial charge >= 0.3 is 6.18 Å². The first-order chi connectivity index (χ1) is 11.8. The summed E-state index contributed by atoms with van der Waals surface area (Å²) in [6.07, 6.45) is -2.94. The van der Waals surface area contributed by atoms with Crippen molar-refractivity contribution in [1.29, 1.82) is 0 Å². The third kappa shape index (κ3) is 4.26. The second-order valence-electron chi connectivity index (χ2n) is 6.11. The molecule has 130 valence electrons. The molecule has 0 unspecified atom stereocenters. The number of rotatable bonds is 5. The number of Topliss-reactive ketones (excluding diaryl/α,β-unsaturated/α-hetero) is 1. The molecule has 1 saturated carbocycles. The maximum absolute atomic E-state index is 12.8. The van der Waals surface area contributed by atoms with Gasteiger partial charge in [0.15, 0.2) is 5.78 Å². The number of nitrogens with one attached hydrogen (secondary N) is 1. The van der Waals surface area contributed by atoms with Crippen molar-refractivity contribution in [3.63, 3.8) is 0 Å². The van der Waals surface area contributed by atoms with E-state index in [-0.39, 0.29) is 29.6 Å². The fraction of sp³-hybridized carbons (Fsp3) is 0.263. The van der Waals surface area contributed by atoms with Gasteiger partial charge in [-0.1, -0.05) is 30.3 Å². The molecule has 2 aromatic carbocycles. The molecule has 1 aliphatic carbocycles. The summed E-state index contributed by atoms with van der Waals surface area (Å²) in [4.78, 5) is 24.4. The Morgan fingerprint density at radius 2 is 1.76 bits per heavy atom. The summed E-state index contributed by atoms with van der Waals surface area (Å²) < 4.78 is 38.4. The quantitative estimate of drug-likeness (QED) is 0.811. The van der Waals surface area contributed by atoms with Crippen LogP contribution in [0.3, 0.4) is 0 Å². The van der Waals surface area contributed by atoms with E-state index in [0.29, 0.717) is 11.3 Å². The van der Waals surface area contributed by atoms with Gasteiger partial charge in [-0.3, -0.25) is 9.59 Å². The fourth-order valence-electron chi connectivity index (χ4n) is 2.55. The zero-order valence-corrected chi connectivity index (χ0v) is 13.3. The second-order valence-corrected chi connectivity index (χ2v) is 6.11. The van der Waals surface area contributed by atoms with E-state index in [1.807, 2.05) is 0 Å². The van der Waals surface area contributed by atoms with Crippen molar-refractivity contribution >= 4 is 17.4 Å². The lowest BCUT2D eigenvalue weighted by atomic mass is 10.00. The molecular formula is C19H16F3NO2. The predicted octanol–water partition coefficient (Wildman–Crippen LogP) is 4.48. The highest BCUT2D eigenvalue weighted by atomic mass is 19.4. The number of hydrogen-bond acceptors (Lipinski definition) is 2. The van der Waals surface area contributed by atoms with Crippen LogP contribution < -0.4 is 5.32 Å². The van der Waals surface area contributed by atoms with Crippen molar-refractivity contribution in [2.24, 2.45) is 5.92 Å². The lowest BCUT2D eigenvalue weighted by molar-refractivity contribution is -0.137. The lowest BCUT2D eigenvalue weighted by Crippen LogP contribution is -2.16. The Bertz CT molecular complexity index is 810. The van der Waals surface area contributed by atoms with E-state index in [1.165, 1.54) is 12.1 Å². The monoisotopic (exact) mass is 347 g/mol. The van der Waals surface area contributed by atoms with Crippen molar-refractivity contribution in [3.8, 4) is 0 Å². The molecule has 3 rings (SSSR count). The lowest BCUT2D eigenvalue weighted by Gasteiger charge is -2.11. The van der Waals surface area contributed by atoms with Gasteiger partial charge in [0, 0.05) is 17.9 Å². The molecule has 0 aromatic heterocycles. The summed E-state index contributed by atoms with van der Waals surface area (Å²) in [5.41, 5.74) is 0.196. The third-order valence-corrected chi connectivity index (χ3v) is 4.05. The molecular weight excluding hydrogens is 331 g/mol. The Morgan fingerprint density at radius 3 is 2.44 bits per heavy atom. The molecule has 1 aliphatic rings. The number of carbonyl (C=O) groups is 2. The maximum atomic E-state index is 12.8. The number of benzene rings is 2. The topological polar surface area (TPSA) is 46.2 Å². The van der Waals surface area contributed by atoms with E-state index < -0.39 is 11.7 Å². The van der Waals surface area contributed by atoms with E-state index >= 15 is 0 Å². The van der Waals surface area contributed by atoms with Crippen LogP contribution in [0.2, 0.25) is 0 Å². The molecule has 0 bridgehead atoms. The molecule has 6 heteroatoms. The maximum Gasteiger partial charge on any atom is 0.416 e. The van der Waals surface area contributed by atoms with E-state index in [2.05, 4.69) is 5.32 Å². The second kappa shape index (κ2) is 6.70. The Balaban J connectivity index is 1.78. The van der Waals surface area contributed by atoms with Crippen LogP contribution in [0.25, 0.3) is 0 Å². The van der Waals surface area contributed by atoms with Gasteiger partial charge in [0.25, 0.3) is 0 Å². The number of hydrogen-bond donors (Lipinski definition) is 1. The van der Waals surface area contributed by atoms with Crippen molar-refractivity contribution in [3.05, 3.63) is 65.2 Å². The van der Waals surface area contributed by atoms with Crippen LogP contribution in [-0.2, 0) is 17.4 Å². The molecule has 0 saturated heterocycles. The molecule has 3 nitrogen and oxygen atoms in total. The van der Waals surface area contributed by atoms with Crippen LogP contribution >= 0.6 is 0 Å². The molecule has 25 heavy (non-hydrogen) atoms. The van der Waals surface area contributed by atoms with Crippen molar-refractivity contribution in [2.75, 3.05) is 5.32 Å². The number of amides is 1. The van der Waals surface area contributed by atoms with Gasteiger partial charge in [-0.2, -0.15) is 13.2 Å².